The second-order valence-corrected chi connectivity index (χ2v) is 8.15. The van der Waals surface area contributed by atoms with Crippen LogP contribution < -0.4 is 5.32 Å². The van der Waals surface area contributed by atoms with Crippen LogP contribution in [0.3, 0.4) is 0 Å². The molecule has 0 saturated heterocycles. The standard InChI is InChI=1S/C18H21ClN2O3S/c1-25(23,24)21(14-16-7-9-17(19)10-8-16)12-11-20-18(22)13-15-5-3-2-4-6-15/h2-10H,11-14H2,1H3,(H,20,22). The van der Waals surface area contributed by atoms with Gasteiger partial charge in [0.25, 0.3) is 0 Å². The molecule has 0 fully saturated rings. The predicted molar refractivity (Wildman–Crippen MR) is 99.9 cm³/mol. The summed E-state index contributed by atoms with van der Waals surface area (Å²) in [5, 5.41) is 3.36. The summed E-state index contributed by atoms with van der Waals surface area (Å²) >= 11 is 5.84. The van der Waals surface area contributed by atoms with Crippen LogP contribution in [0.5, 0.6) is 0 Å². The summed E-state index contributed by atoms with van der Waals surface area (Å²) in [6, 6.07) is 16.4. The summed E-state index contributed by atoms with van der Waals surface area (Å²) in [6.45, 7) is 0.707. The Kier molecular flexibility index (Phi) is 6.99. The Bertz CT molecular complexity index is 793. The van der Waals surface area contributed by atoms with Gasteiger partial charge in [-0.15, -0.1) is 0 Å². The molecular formula is C18H21ClN2O3S. The first-order valence-electron chi connectivity index (χ1n) is 7.85. The Balaban J connectivity index is 1.87. The maximum atomic E-state index is 12.0. The average Bonchev–Trinajstić information content (AvgIpc) is 2.56. The molecule has 7 heteroatoms. The quantitative estimate of drug-likeness (QED) is 0.765. The number of halogens is 1. The van der Waals surface area contributed by atoms with Gasteiger partial charge < -0.3 is 5.32 Å². The molecular weight excluding hydrogens is 360 g/mol. The van der Waals surface area contributed by atoms with Crippen molar-refractivity contribution in [2.24, 2.45) is 0 Å². The molecule has 1 amide bonds. The van der Waals surface area contributed by atoms with Gasteiger partial charge in [0.05, 0.1) is 12.7 Å². The lowest BCUT2D eigenvalue weighted by atomic mass is 10.1. The second kappa shape index (κ2) is 8.99. The van der Waals surface area contributed by atoms with Gasteiger partial charge in [-0.3, -0.25) is 4.79 Å². The highest BCUT2D eigenvalue weighted by atomic mass is 35.5. The third kappa shape index (κ3) is 6.86. The normalized spacial score (nSPS) is 11.5. The monoisotopic (exact) mass is 380 g/mol. The van der Waals surface area contributed by atoms with Crippen molar-refractivity contribution in [2.75, 3.05) is 19.3 Å². The number of benzene rings is 2. The molecule has 0 aliphatic heterocycles. The highest BCUT2D eigenvalue weighted by Gasteiger charge is 2.17. The third-order valence-electron chi connectivity index (χ3n) is 3.63. The van der Waals surface area contributed by atoms with Gasteiger partial charge in [0.15, 0.2) is 0 Å². The highest BCUT2D eigenvalue weighted by Crippen LogP contribution is 2.13. The Morgan fingerprint density at radius 3 is 2.28 bits per heavy atom. The lowest BCUT2D eigenvalue weighted by Gasteiger charge is -2.20. The van der Waals surface area contributed by atoms with Crippen LogP contribution in [-0.4, -0.2) is 38.0 Å². The van der Waals surface area contributed by atoms with Crippen molar-refractivity contribution in [3.8, 4) is 0 Å². The molecule has 25 heavy (non-hydrogen) atoms. The van der Waals surface area contributed by atoms with Gasteiger partial charge in [0, 0.05) is 24.7 Å². The molecule has 0 unspecified atom stereocenters. The molecule has 2 aromatic carbocycles. The van der Waals surface area contributed by atoms with Gasteiger partial charge in [0.1, 0.15) is 0 Å². The first kappa shape index (κ1) is 19.4. The number of hydrogen-bond donors (Lipinski definition) is 1. The lowest BCUT2D eigenvalue weighted by molar-refractivity contribution is -0.120. The van der Waals surface area contributed by atoms with Gasteiger partial charge in [-0.2, -0.15) is 4.31 Å². The molecule has 0 heterocycles. The number of amides is 1. The first-order valence-corrected chi connectivity index (χ1v) is 10.1. The zero-order valence-corrected chi connectivity index (χ0v) is 15.6. The summed E-state index contributed by atoms with van der Waals surface area (Å²) in [5.41, 5.74) is 1.76. The molecule has 0 aliphatic carbocycles. The minimum Gasteiger partial charge on any atom is -0.354 e. The SMILES string of the molecule is CS(=O)(=O)N(CCNC(=O)Cc1ccccc1)Cc1ccc(Cl)cc1. The molecule has 2 rings (SSSR count). The van der Waals surface area contributed by atoms with Crippen LogP contribution in [0.1, 0.15) is 11.1 Å². The van der Waals surface area contributed by atoms with Crippen molar-refractivity contribution in [3.05, 3.63) is 70.7 Å². The van der Waals surface area contributed by atoms with Crippen LogP contribution in [0.4, 0.5) is 0 Å². The molecule has 0 radical (unpaired) electrons. The number of rotatable bonds is 8. The molecule has 2 aromatic rings. The van der Waals surface area contributed by atoms with Gasteiger partial charge >= 0.3 is 0 Å². The van der Waals surface area contributed by atoms with Crippen LogP contribution in [0.25, 0.3) is 0 Å². The van der Waals surface area contributed by atoms with E-state index in [2.05, 4.69) is 5.32 Å². The van der Waals surface area contributed by atoms with Crippen molar-refractivity contribution >= 4 is 27.5 Å². The summed E-state index contributed by atoms with van der Waals surface area (Å²) in [4.78, 5) is 11.9. The molecule has 1 N–H and O–H groups in total. The predicted octanol–water partition coefficient (Wildman–Crippen LogP) is 2.46. The van der Waals surface area contributed by atoms with Crippen LogP contribution in [0, 0.1) is 0 Å². The van der Waals surface area contributed by atoms with Gasteiger partial charge in [-0.1, -0.05) is 54.1 Å². The van der Waals surface area contributed by atoms with E-state index in [1.165, 1.54) is 4.31 Å². The fourth-order valence-electron chi connectivity index (χ4n) is 2.32. The van der Waals surface area contributed by atoms with Crippen LogP contribution in [-0.2, 0) is 27.8 Å². The van der Waals surface area contributed by atoms with E-state index in [1.807, 2.05) is 30.3 Å². The smallest absolute Gasteiger partial charge is 0.224 e. The minimum atomic E-state index is -3.38. The zero-order chi connectivity index (χ0) is 18.3. The van der Waals surface area contributed by atoms with Crippen molar-refractivity contribution in [2.45, 2.75) is 13.0 Å². The van der Waals surface area contributed by atoms with E-state index >= 15 is 0 Å². The Hall–Kier alpha value is -1.89. The fraction of sp³-hybridized carbons (Fsp3) is 0.278. The van der Waals surface area contributed by atoms with E-state index in [1.54, 1.807) is 24.3 Å². The first-order chi connectivity index (χ1) is 11.8. The molecule has 0 aromatic heterocycles. The molecule has 0 spiro atoms. The summed E-state index contributed by atoms with van der Waals surface area (Å²) in [7, 11) is -3.38. The lowest BCUT2D eigenvalue weighted by Crippen LogP contribution is -2.38. The number of carbonyl (C=O) groups is 1. The summed E-state index contributed by atoms with van der Waals surface area (Å²) in [6.07, 6.45) is 1.44. The molecule has 0 aliphatic rings. The van der Waals surface area contributed by atoms with Crippen molar-refractivity contribution in [3.63, 3.8) is 0 Å². The number of nitrogens with zero attached hydrogens (tertiary/aromatic N) is 1. The van der Waals surface area contributed by atoms with E-state index in [9.17, 15) is 13.2 Å². The van der Waals surface area contributed by atoms with Crippen LogP contribution in [0.15, 0.2) is 54.6 Å². The molecule has 0 saturated carbocycles. The fourth-order valence-corrected chi connectivity index (χ4v) is 3.25. The molecule has 5 nitrogen and oxygen atoms in total. The van der Waals surface area contributed by atoms with Crippen molar-refractivity contribution < 1.29 is 13.2 Å². The van der Waals surface area contributed by atoms with Gasteiger partial charge in [-0.25, -0.2) is 8.42 Å². The van der Waals surface area contributed by atoms with Gasteiger partial charge in [0.2, 0.25) is 15.9 Å². The Morgan fingerprint density at radius 2 is 1.68 bits per heavy atom. The van der Waals surface area contributed by atoms with E-state index in [0.29, 0.717) is 5.02 Å². The van der Waals surface area contributed by atoms with E-state index in [4.69, 9.17) is 11.6 Å². The maximum absolute atomic E-state index is 12.0. The summed E-state index contributed by atoms with van der Waals surface area (Å²) in [5.74, 6) is -0.133. The van der Waals surface area contributed by atoms with Crippen molar-refractivity contribution in [1.29, 1.82) is 0 Å². The molecule has 134 valence electrons. The Labute approximate surface area is 153 Å². The van der Waals surface area contributed by atoms with Gasteiger partial charge in [-0.05, 0) is 23.3 Å². The highest BCUT2D eigenvalue weighted by molar-refractivity contribution is 7.88. The van der Waals surface area contributed by atoms with Crippen molar-refractivity contribution in [1.82, 2.24) is 9.62 Å². The molecule has 0 atom stereocenters. The van der Waals surface area contributed by atoms with E-state index in [0.717, 1.165) is 17.4 Å². The number of sulfonamides is 1. The minimum absolute atomic E-state index is 0.133. The van der Waals surface area contributed by atoms with E-state index < -0.39 is 10.0 Å². The third-order valence-corrected chi connectivity index (χ3v) is 5.13. The maximum Gasteiger partial charge on any atom is 0.224 e. The number of nitrogens with one attached hydrogen (secondary N) is 1. The topological polar surface area (TPSA) is 66.5 Å². The largest absolute Gasteiger partial charge is 0.354 e. The average molecular weight is 381 g/mol. The zero-order valence-electron chi connectivity index (χ0n) is 14.0. The second-order valence-electron chi connectivity index (χ2n) is 5.74. The Morgan fingerprint density at radius 1 is 1.04 bits per heavy atom. The van der Waals surface area contributed by atoms with Crippen LogP contribution in [0.2, 0.25) is 5.02 Å². The molecule has 0 bridgehead atoms. The number of hydrogen-bond acceptors (Lipinski definition) is 3. The summed E-state index contributed by atoms with van der Waals surface area (Å²) < 4.78 is 25.2. The van der Waals surface area contributed by atoms with E-state index in [-0.39, 0.29) is 32.0 Å². The van der Waals surface area contributed by atoms with Crippen LogP contribution >= 0.6 is 11.6 Å². The number of carbonyl (C=O) groups excluding carboxylic acids is 1.